The first-order valence-electron chi connectivity index (χ1n) is 6.22. The predicted molar refractivity (Wildman–Crippen MR) is 64.3 cm³/mol. The molecule has 2 nitrogen and oxygen atoms in total. The van der Waals surface area contributed by atoms with Gasteiger partial charge in [0.2, 0.25) is 0 Å². The van der Waals surface area contributed by atoms with Gasteiger partial charge in [0.15, 0.2) is 11.6 Å². The van der Waals surface area contributed by atoms with Gasteiger partial charge in [0.25, 0.3) is 0 Å². The molecule has 1 aliphatic carbocycles. The average molecular weight is 256 g/mol. The second-order valence-corrected chi connectivity index (χ2v) is 5.07. The molecular formula is C14H18F2O2. The number of halogens is 2. The lowest BCUT2D eigenvalue weighted by atomic mass is 9.79. The summed E-state index contributed by atoms with van der Waals surface area (Å²) in [5.41, 5.74) is -0.762. The van der Waals surface area contributed by atoms with Gasteiger partial charge >= 0.3 is 0 Å². The van der Waals surface area contributed by atoms with Crippen LogP contribution in [0.4, 0.5) is 8.78 Å². The second-order valence-electron chi connectivity index (χ2n) is 5.07. The van der Waals surface area contributed by atoms with E-state index in [-0.39, 0.29) is 18.1 Å². The second kappa shape index (κ2) is 5.33. The molecule has 0 amide bonds. The summed E-state index contributed by atoms with van der Waals surface area (Å²) in [5.74, 6) is -1.72. The van der Waals surface area contributed by atoms with Crippen molar-refractivity contribution in [1.29, 1.82) is 0 Å². The van der Waals surface area contributed by atoms with E-state index >= 15 is 0 Å². The van der Waals surface area contributed by atoms with Crippen molar-refractivity contribution < 1.29 is 18.6 Å². The summed E-state index contributed by atoms with van der Waals surface area (Å²) in [6.07, 6.45) is 2.95. The Labute approximate surface area is 106 Å². The van der Waals surface area contributed by atoms with Crippen molar-refractivity contribution in [2.45, 2.75) is 43.8 Å². The Morgan fingerprint density at radius 2 is 2.22 bits per heavy atom. The van der Waals surface area contributed by atoms with Crippen molar-refractivity contribution in [2.24, 2.45) is 0 Å². The Kier molecular flexibility index (Phi) is 3.97. The third-order valence-corrected chi connectivity index (χ3v) is 3.66. The molecule has 18 heavy (non-hydrogen) atoms. The minimum atomic E-state index is -0.992. The predicted octanol–water partition coefficient (Wildman–Crippen LogP) is 2.83. The van der Waals surface area contributed by atoms with Crippen LogP contribution in [-0.2, 0) is 11.2 Å². The van der Waals surface area contributed by atoms with Crippen molar-refractivity contribution in [2.75, 3.05) is 7.11 Å². The highest BCUT2D eigenvalue weighted by Gasteiger charge is 2.35. The molecule has 2 rings (SSSR count). The lowest BCUT2D eigenvalue weighted by molar-refractivity contribution is -0.0585. The Morgan fingerprint density at radius 1 is 1.44 bits per heavy atom. The van der Waals surface area contributed by atoms with Gasteiger partial charge in [-0.1, -0.05) is 12.1 Å². The molecule has 2 atom stereocenters. The number of rotatable bonds is 3. The van der Waals surface area contributed by atoms with Crippen molar-refractivity contribution >= 4 is 0 Å². The zero-order valence-electron chi connectivity index (χ0n) is 10.5. The van der Waals surface area contributed by atoms with Gasteiger partial charge in [0, 0.05) is 20.0 Å². The van der Waals surface area contributed by atoms with E-state index in [4.69, 9.17) is 4.74 Å². The highest BCUT2D eigenvalue weighted by atomic mass is 19.2. The molecule has 0 bridgehead atoms. The molecule has 4 heteroatoms. The summed E-state index contributed by atoms with van der Waals surface area (Å²) in [6.45, 7) is 0. The third-order valence-electron chi connectivity index (χ3n) is 3.66. The van der Waals surface area contributed by atoms with Crippen molar-refractivity contribution in [3.63, 3.8) is 0 Å². The molecule has 100 valence electrons. The van der Waals surface area contributed by atoms with E-state index in [0.29, 0.717) is 12.8 Å². The first kappa shape index (κ1) is 13.4. The number of ether oxygens (including phenoxy) is 1. The molecule has 1 aromatic carbocycles. The van der Waals surface area contributed by atoms with Gasteiger partial charge in [-0.2, -0.15) is 0 Å². The maximum Gasteiger partial charge on any atom is 0.162 e. The number of methoxy groups -OCH3 is 1. The zero-order chi connectivity index (χ0) is 13.2. The highest BCUT2D eigenvalue weighted by Crippen LogP contribution is 2.33. The fraction of sp³-hybridized carbons (Fsp3) is 0.571. The number of aliphatic hydroxyl groups is 1. The van der Waals surface area contributed by atoms with Crippen LogP contribution in [0.3, 0.4) is 0 Å². The molecule has 0 aromatic heterocycles. The van der Waals surface area contributed by atoms with E-state index in [9.17, 15) is 13.9 Å². The summed E-state index contributed by atoms with van der Waals surface area (Å²) >= 11 is 0. The fourth-order valence-corrected chi connectivity index (χ4v) is 2.69. The molecule has 1 fully saturated rings. The lowest BCUT2D eigenvalue weighted by Gasteiger charge is -2.36. The van der Waals surface area contributed by atoms with Crippen LogP contribution >= 0.6 is 0 Å². The molecule has 2 unspecified atom stereocenters. The van der Waals surface area contributed by atoms with Gasteiger partial charge < -0.3 is 9.84 Å². The highest BCUT2D eigenvalue weighted by molar-refractivity contribution is 5.21. The molecule has 1 aromatic rings. The van der Waals surface area contributed by atoms with E-state index in [2.05, 4.69) is 0 Å². The number of benzene rings is 1. The first-order valence-corrected chi connectivity index (χ1v) is 6.22. The van der Waals surface area contributed by atoms with E-state index < -0.39 is 17.2 Å². The smallest absolute Gasteiger partial charge is 0.162 e. The SMILES string of the molecule is COC1CCCC(O)(Cc2cccc(F)c2F)C1. The molecule has 0 aliphatic heterocycles. The largest absolute Gasteiger partial charge is 0.389 e. The summed E-state index contributed by atoms with van der Waals surface area (Å²) < 4.78 is 32.0. The Hall–Kier alpha value is -1.00. The Bertz CT molecular complexity index is 422. The van der Waals surface area contributed by atoms with Gasteiger partial charge in [0.1, 0.15) is 0 Å². The summed E-state index contributed by atoms with van der Waals surface area (Å²) in [5, 5.41) is 10.5. The van der Waals surface area contributed by atoms with Gasteiger partial charge in [-0.25, -0.2) is 8.78 Å². The number of hydrogen-bond donors (Lipinski definition) is 1. The summed E-state index contributed by atoms with van der Waals surface area (Å²) in [6, 6.07) is 4.07. The maximum atomic E-state index is 13.6. The molecule has 1 saturated carbocycles. The van der Waals surface area contributed by atoms with Crippen molar-refractivity contribution in [3.05, 3.63) is 35.4 Å². The minimum Gasteiger partial charge on any atom is -0.389 e. The van der Waals surface area contributed by atoms with Crippen molar-refractivity contribution in [1.82, 2.24) is 0 Å². The maximum absolute atomic E-state index is 13.6. The molecule has 1 N–H and O–H groups in total. The van der Waals surface area contributed by atoms with Crippen LogP contribution in [0.15, 0.2) is 18.2 Å². The molecular weight excluding hydrogens is 238 g/mol. The van der Waals surface area contributed by atoms with Gasteiger partial charge in [-0.15, -0.1) is 0 Å². The van der Waals surface area contributed by atoms with Crippen molar-refractivity contribution in [3.8, 4) is 0 Å². The zero-order valence-corrected chi connectivity index (χ0v) is 10.5. The van der Waals surface area contributed by atoms with Gasteiger partial charge in [0.05, 0.1) is 11.7 Å². The molecule has 0 radical (unpaired) electrons. The first-order chi connectivity index (χ1) is 8.54. The van der Waals surface area contributed by atoms with E-state index in [0.717, 1.165) is 18.9 Å². The molecule has 0 heterocycles. The van der Waals surface area contributed by atoms with Crippen LogP contribution < -0.4 is 0 Å². The minimum absolute atomic E-state index is 0.000343. The van der Waals surface area contributed by atoms with Crippen LogP contribution in [0.25, 0.3) is 0 Å². The van der Waals surface area contributed by atoms with Gasteiger partial charge in [-0.05, 0) is 30.9 Å². The normalized spacial score (nSPS) is 28.3. The van der Waals surface area contributed by atoms with Crippen LogP contribution in [-0.4, -0.2) is 23.9 Å². The quantitative estimate of drug-likeness (QED) is 0.901. The molecule has 1 aliphatic rings. The van der Waals surface area contributed by atoms with E-state index in [1.807, 2.05) is 0 Å². The molecule has 0 saturated heterocycles. The van der Waals surface area contributed by atoms with Crippen LogP contribution in [0.2, 0.25) is 0 Å². The summed E-state index contributed by atoms with van der Waals surface area (Å²) in [7, 11) is 1.61. The monoisotopic (exact) mass is 256 g/mol. The third kappa shape index (κ3) is 2.87. The molecule has 0 spiro atoms. The van der Waals surface area contributed by atoms with E-state index in [1.165, 1.54) is 12.1 Å². The van der Waals surface area contributed by atoms with Gasteiger partial charge in [-0.3, -0.25) is 0 Å². The topological polar surface area (TPSA) is 29.5 Å². The fourth-order valence-electron chi connectivity index (χ4n) is 2.69. The Balaban J connectivity index is 2.14. The summed E-state index contributed by atoms with van der Waals surface area (Å²) in [4.78, 5) is 0. The lowest BCUT2D eigenvalue weighted by Crippen LogP contribution is -2.40. The number of hydrogen-bond acceptors (Lipinski definition) is 2. The van der Waals surface area contributed by atoms with E-state index in [1.54, 1.807) is 7.11 Å². The standard InChI is InChI=1S/C14H18F2O2/c1-18-11-5-3-7-14(17,9-11)8-10-4-2-6-12(15)13(10)16/h2,4,6,11,17H,3,5,7-9H2,1H3. The van der Waals surface area contributed by atoms with Crippen LogP contribution in [0, 0.1) is 11.6 Å². The average Bonchev–Trinajstić information content (AvgIpc) is 2.35. The Morgan fingerprint density at radius 3 is 2.94 bits per heavy atom. The van der Waals surface area contributed by atoms with Crippen LogP contribution in [0.5, 0.6) is 0 Å². The van der Waals surface area contributed by atoms with Crippen LogP contribution in [0.1, 0.15) is 31.2 Å².